The Kier molecular flexibility index (Phi) is 9.60. The van der Waals surface area contributed by atoms with Gasteiger partial charge < -0.3 is 24.4 Å². The maximum absolute atomic E-state index is 12.7. The van der Waals surface area contributed by atoms with Gasteiger partial charge in [0.15, 0.2) is 11.5 Å². The van der Waals surface area contributed by atoms with Gasteiger partial charge in [0.05, 0.1) is 13.2 Å². The average molecular weight is 415 g/mol. The van der Waals surface area contributed by atoms with Gasteiger partial charge in [0.2, 0.25) is 5.91 Å². The third-order valence-electron chi connectivity index (χ3n) is 4.21. The number of ether oxygens (including phenoxy) is 3. The van der Waals surface area contributed by atoms with E-state index in [2.05, 4.69) is 10.3 Å². The largest absolute Gasteiger partial charge is 0.490 e. The monoisotopic (exact) mass is 415 g/mol. The van der Waals surface area contributed by atoms with E-state index >= 15 is 0 Å². The summed E-state index contributed by atoms with van der Waals surface area (Å²) < 4.78 is 16.4. The summed E-state index contributed by atoms with van der Waals surface area (Å²) in [4.78, 5) is 30.1. The lowest BCUT2D eigenvalue weighted by Gasteiger charge is -2.18. The van der Waals surface area contributed by atoms with E-state index in [0.29, 0.717) is 43.4 Å². The van der Waals surface area contributed by atoms with Crippen LogP contribution in [0.4, 0.5) is 0 Å². The molecule has 162 valence electrons. The van der Waals surface area contributed by atoms with Crippen molar-refractivity contribution in [2.45, 2.75) is 20.0 Å². The first kappa shape index (κ1) is 23.2. The lowest BCUT2D eigenvalue weighted by molar-refractivity contribution is -0.121. The van der Waals surface area contributed by atoms with E-state index < -0.39 is 0 Å². The van der Waals surface area contributed by atoms with Gasteiger partial charge in [-0.2, -0.15) is 0 Å². The highest BCUT2D eigenvalue weighted by atomic mass is 16.5. The minimum atomic E-state index is -0.274. The average Bonchev–Trinajstić information content (AvgIpc) is 2.76. The molecule has 0 spiro atoms. The summed E-state index contributed by atoms with van der Waals surface area (Å²) in [6, 6.07) is 8.75. The smallest absolute Gasteiger partial charge is 0.254 e. The number of nitrogens with zero attached hydrogens (tertiary/aromatic N) is 2. The number of benzene rings is 1. The first-order valence-electron chi connectivity index (χ1n) is 9.84. The standard InChI is InChI=1S/C22H29N3O5/c1-4-29-20-14-18(6-7-19(20)30-16-17-8-11-23-12-9-17)22(27)25(2)15-21(26)24-10-5-13-28-3/h6-9,11-12,14H,4-5,10,13,15-16H2,1-3H3,(H,24,26). The molecule has 2 rings (SSSR count). The minimum absolute atomic E-state index is 0.0317. The van der Waals surface area contributed by atoms with E-state index in [0.717, 1.165) is 12.0 Å². The topological polar surface area (TPSA) is 90.0 Å². The second-order valence-corrected chi connectivity index (χ2v) is 6.60. The third kappa shape index (κ3) is 7.36. The molecule has 8 heteroatoms. The van der Waals surface area contributed by atoms with E-state index in [1.165, 1.54) is 4.90 Å². The molecule has 1 aromatic carbocycles. The van der Waals surface area contributed by atoms with Crippen molar-refractivity contribution in [1.82, 2.24) is 15.2 Å². The predicted octanol–water partition coefficient (Wildman–Crippen LogP) is 2.28. The van der Waals surface area contributed by atoms with E-state index in [4.69, 9.17) is 14.2 Å². The Morgan fingerprint density at radius 3 is 2.57 bits per heavy atom. The Morgan fingerprint density at radius 2 is 1.87 bits per heavy atom. The van der Waals surface area contributed by atoms with Crippen LogP contribution in [0, 0.1) is 0 Å². The fourth-order valence-electron chi connectivity index (χ4n) is 2.68. The van der Waals surface area contributed by atoms with Gasteiger partial charge in [-0.05, 0) is 49.2 Å². The molecular weight excluding hydrogens is 386 g/mol. The van der Waals surface area contributed by atoms with Crippen LogP contribution in [0.3, 0.4) is 0 Å². The van der Waals surface area contributed by atoms with Gasteiger partial charge >= 0.3 is 0 Å². The Labute approximate surface area is 177 Å². The molecule has 1 aromatic heterocycles. The minimum Gasteiger partial charge on any atom is -0.490 e. The van der Waals surface area contributed by atoms with Crippen molar-refractivity contribution >= 4 is 11.8 Å². The van der Waals surface area contributed by atoms with E-state index in [9.17, 15) is 9.59 Å². The summed E-state index contributed by atoms with van der Waals surface area (Å²) in [6.07, 6.45) is 4.12. The van der Waals surface area contributed by atoms with Crippen molar-refractivity contribution in [3.8, 4) is 11.5 Å². The zero-order valence-corrected chi connectivity index (χ0v) is 17.7. The number of carbonyl (C=O) groups excluding carboxylic acids is 2. The fourth-order valence-corrected chi connectivity index (χ4v) is 2.68. The number of amides is 2. The molecule has 0 bridgehead atoms. The lowest BCUT2D eigenvalue weighted by atomic mass is 10.1. The second-order valence-electron chi connectivity index (χ2n) is 6.60. The number of methoxy groups -OCH3 is 1. The maximum Gasteiger partial charge on any atom is 0.254 e. The summed E-state index contributed by atoms with van der Waals surface area (Å²) in [6.45, 7) is 3.71. The van der Waals surface area contributed by atoms with Crippen LogP contribution in [0.25, 0.3) is 0 Å². The number of likely N-dealkylation sites (N-methyl/N-ethyl adjacent to an activating group) is 1. The lowest BCUT2D eigenvalue weighted by Crippen LogP contribution is -2.38. The van der Waals surface area contributed by atoms with Crippen molar-refractivity contribution in [1.29, 1.82) is 0 Å². The molecule has 1 heterocycles. The Balaban J connectivity index is 1.99. The van der Waals surface area contributed by atoms with Crippen LogP contribution in [0.5, 0.6) is 11.5 Å². The summed E-state index contributed by atoms with van der Waals surface area (Å²) in [7, 11) is 3.20. The Morgan fingerprint density at radius 1 is 1.10 bits per heavy atom. The zero-order chi connectivity index (χ0) is 21.8. The first-order valence-corrected chi connectivity index (χ1v) is 9.84. The number of nitrogens with one attached hydrogen (secondary N) is 1. The van der Waals surface area contributed by atoms with Crippen LogP contribution >= 0.6 is 0 Å². The van der Waals surface area contributed by atoms with Crippen LogP contribution < -0.4 is 14.8 Å². The van der Waals surface area contributed by atoms with Crippen LogP contribution in [0.1, 0.15) is 29.3 Å². The number of pyridine rings is 1. The molecule has 8 nitrogen and oxygen atoms in total. The molecule has 0 aliphatic heterocycles. The molecule has 0 atom stereocenters. The maximum atomic E-state index is 12.7. The number of hydrogen-bond donors (Lipinski definition) is 1. The van der Waals surface area contributed by atoms with E-state index in [1.807, 2.05) is 19.1 Å². The summed E-state index contributed by atoms with van der Waals surface area (Å²) in [5, 5.41) is 2.77. The van der Waals surface area contributed by atoms with Gasteiger partial charge in [0.25, 0.3) is 5.91 Å². The summed E-state index contributed by atoms with van der Waals surface area (Å²) in [5.41, 5.74) is 1.40. The molecule has 0 radical (unpaired) electrons. The molecule has 0 unspecified atom stereocenters. The van der Waals surface area contributed by atoms with Gasteiger partial charge in [-0.15, -0.1) is 0 Å². The van der Waals surface area contributed by atoms with Crippen LogP contribution in [-0.4, -0.2) is 62.2 Å². The van der Waals surface area contributed by atoms with Crippen molar-refractivity contribution < 1.29 is 23.8 Å². The highest BCUT2D eigenvalue weighted by molar-refractivity contribution is 5.96. The van der Waals surface area contributed by atoms with Crippen LogP contribution in [0.2, 0.25) is 0 Å². The highest BCUT2D eigenvalue weighted by Crippen LogP contribution is 2.29. The van der Waals surface area contributed by atoms with E-state index in [1.54, 1.807) is 44.8 Å². The zero-order valence-electron chi connectivity index (χ0n) is 17.7. The molecule has 30 heavy (non-hydrogen) atoms. The van der Waals surface area contributed by atoms with Crippen molar-refractivity contribution in [3.63, 3.8) is 0 Å². The molecule has 2 aromatic rings. The summed E-state index contributed by atoms with van der Waals surface area (Å²) >= 11 is 0. The normalized spacial score (nSPS) is 10.4. The van der Waals surface area contributed by atoms with Crippen molar-refractivity contribution in [3.05, 3.63) is 53.9 Å². The molecular formula is C22H29N3O5. The van der Waals surface area contributed by atoms with E-state index in [-0.39, 0.29) is 18.4 Å². The number of hydrogen-bond acceptors (Lipinski definition) is 6. The quantitative estimate of drug-likeness (QED) is 0.535. The first-order chi connectivity index (χ1) is 14.5. The fraction of sp³-hybridized carbons (Fsp3) is 0.409. The molecule has 0 saturated heterocycles. The Hall–Kier alpha value is -3.13. The summed E-state index contributed by atoms with van der Waals surface area (Å²) in [5.74, 6) is 0.534. The van der Waals surface area contributed by atoms with Gasteiger partial charge in [0.1, 0.15) is 6.61 Å². The number of rotatable bonds is 12. The molecule has 0 aliphatic carbocycles. The van der Waals surface area contributed by atoms with Gasteiger partial charge in [-0.25, -0.2) is 0 Å². The van der Waals surface area contributed by atoms with Crippen molar-refractivity contribution in [2.24, 2.45) is 0 Å². The Bertz CT molecular complexity index is 814. The van der Waals surface area contributed by atoms with Crippen LogP contribution in [0.15, 0.2) is 42.7 Å². The molecule has 2 amide bonds. The molecule has 0 saturated carbocycles. The second kappa shape index (κ2) is 12.4. The predicted molar refractivity (Wildman–Crippen MR) is 113 cm³/mol. The highest BCUT2D eigenvalue weighted by Gasteiger charge is 2.17. The van der Waals surface area contributed by atoms with Gasteiger partial charge in [-0.3, -0.25) is 14.6 Å². The number of carbonyl (C=O) groups is 2. The van der Waals surface area contributed by atoms with Crippen molar-refractivity contribution in [2.75, 3.05) is 40.5 Å². The number of aromatic nitrogens is 1. The third-order valence-corrected chi connectivity index (χ3v) is 4.21. The molecule has 1 N–H and O–H groups in total. The van der Waals surface area contributed by atoms with Gasteiger partial charge in [0, 0.05) is 45.3 Å². The van der Waals surface area contributed by atoms with Gasteiger partial charge in [-0.1, -0.05) is 0 Å². The van der Waals surface area contributed by atoms with Crippen LogP contribution in [-0.2, 0) is 16.1 Å². The molecule has 0 fully saturated rings. The SMILES string of the molecule is CCOc1cc(C(=O)N(C)CC(=O)NCCCOC)ccc1OCc1ccncc1. The molecule has 0 aliphatic rings.